The normalized spacial score (nSPS) is 11.2. The van der Waals surface area contributed by atoms with Crippen molar-refractivity contribution < 1.29 is 2.97 Å². The number of rotatable bonds is 21. The van der Waals surface area contributed by atoms with Crippen LogP contribution in [0.4, 0.5) is 75.5 Å². The van der Waals surface area contributed by atoms with Crippen LogP contribution in [-0.2, 0) is 0 Å². The Labute approximate surface area is 913 Å². The fourth-order valence-electron chi connectivity index (χ4n) is 9.01. The Morgan fingerprint density at radius 2 is 0.535 bits per heavy atom. The topological polar surface area (TPSA) is 459 Å². The van der Waals surface area contributed by atoms with Crippen molar-refractivity contribution >= 4 is 452 Å². The minimum absolute atomic E-state index is 0. The number of nitrogens with two attached hydrogens (primary N) is 3. The second-order valence-corrected chi connectivity index (χ2v) is 463. The summed E-state index contributed by atoms with van der Waals surface area (Å²) in [5.41, 5.74) is 33.6. The van der Waals surface area contributed by atoms with Crippen molar-refractivity contribution in [3.05, 3.63) is 256 Å². The van der Waals surface area contributed by atoms with E-state index in [0.29, 0.717) is 39.8 Å². The van der Waals surface area contributed by atoms with Crippen LogP contribution in [0.3, 0.4) is 0 Å². The first-order valence-corrected chi connectivity index (χ1v) is 155. The first-order valence-electron chi connectivity index (χ1n) is 34.1. The van der Waals surface area contributed by atoms with Gasteiger partial charge < -0.3 is 43.8 Å². The molecule has 0 aliphatic heterocycles. The Bertz CT molecular complexity index is 5600. The second-order valence-electron chi connectivity index (χ2n) is 22.8. The van der Waals surface area contributed by atoms with Gasteiger partial charge in [0.1, 0.15) is 0 Å². The van der Waals surface area contributed by atoms with Crippen molar-refractivity contribution in [3.63, 3.8) is 0 Å². The zero-order chi connectivity index (χ0) is 95.4. The van der Waals surface area contributed by atoms with Gasteiger partial charge in [0.15, 0.2) is 0 Å². The Kier molecular flexibility index (Phi) is 61.1. The van der Waals surface area contributed by atoms with Gasteiger partial charge >= 0.3 is 276 Å². The number of aromatic nitrogens is 12. The fourth-order valence-corrected chi connectivity index (χ4v) is 2940. The summed E-state index contributed by atoms with van der Waals surface area (Å²) < 4.78 is 10.0. The predicted octanol–water partition coefficient (Wildman–Crippen LogP) is 35.6. The third kappa shape index (κ3) is 45.6. The van der Waals surface area contributed by atoms with Crippen molar-refractivity contribution in [2.45, 2.75) is 41.5 Å². The molecule has 0 radical (unpaired) electrons. The van der Waals surface area contributed by atoms with Crippen molar-refractivity contribution in [1.29, 1.82) is 36.8 Å². The molecule has 11 aromatic rings. The summed E-state index contributed by atoms with van der Waals surface area (Å²) in [6, 6.07) is 53.3. The number of nitrogens with one attached hydrogen (secondary N) is 5. The van der Waals surface area contributed by atoms with Gasteiger partial charge in [-0.25, -0.2) is 0 Å². The summed E-state index contributed by atoms with van der Waals surface area (Å²) in [6.07, 6.45) is 9.63. The zero-order valence-corrected chi connectivity index (χ0v) is 113. The summed E-state index contributed by atoms with van der Waals surface area (Å²) in [5, 5.41) is 76.0. The molecule has 0 aliphatic rings. The smallest absolute Gasteiger partial charge is 0.232 e. The van der Waals surface area contributed by atoms with Crippen LogP contribution in [0.25, 0.3) is 18.2 Å². The predicted molar refractivity (Wildman–Crippen MR) is 705 cm³/mol. The molecule has 7 aromatic carbocycles. The largest absolute Gasteiger partial charge is 0.399 e. The molecule has 0 saturated heterocycles. The van der Waals surface area contributed by atoms with E-state index in [0.717, 1.165) is 84.2 Å². The molecule has 27 nitrogen and oxygen atoms in total. The SMILES string of the molecule is Cc1cc(/C=C/C#N)cc(C)c1N.Cc1cc(/C=C/C#N)cc(C)c1Nc1nc(Cl)nc(Nc2ccc(C#N)cc2)n1.Cc1cc(/C=C/C#N)cc(C)c1Nc1nc(N)nc(Nc2ccc(C#N)cc2)n1.Cl.Clc1nc(Cl)nc(Cl)n1.II(I)I(I)I(I)I(I)I(I)I(I)I(I)I(I)I(I)I.N#Cc1ccc(N)cc1.N#Cc1ccc(Nc2nc(Cl)nc(Cl)n2)cc1.[3H][3H]. The van der Waals surface area contributed by atoms with Crippen molar-refractivity contribution in [3.8, 4) is 42.5 Å². The molecule has 0 spiro atoms. The summed E-state index contributed by atoms with van der Waals surface area (Å²) >= 11 is 66.6. The molecule has 0 bridgehead atoms. The molecule has 4 heterocycles. The van der Waals surface area contributed by atoms with Crippen molar-refractivity contribution in [1.82, 2.24) is 59.8 Å². The number of benzene rings is 7. The molecule has 127 heavy (non-hydrogen) atoms. The van der Waals surface area contributed by atoms with Crippen LogP contribution in [0.5, 0.6) is 0 Å². The number of halogens is 27. The number of anilines is 13. The van der Waals surface area contributed by atoms with Gasteiger partial charge in [0.2, 0.25) is 67.4 Å². The van der Waals surface area contributed by atoms with Gasteiger partial charge in [-0.05, 0) is 313 Å². The Morgan fingerprint density at radius 1 is 0.315 bits per heavy atom. The minimum Gasteiger partial charge on any atom is -0.399 e. The third-order valence-electron chi connectivity index (χ3n) is 14.1. The van der Waals surface area contributed by atoms with Crippen LogP contribution in [0.15, 0.2) is 152 Å². The van der Waals surface area contributed by atoms with Crippen LogP contribution in [0.1, 0.15) is 75.3 Å². The summed E-state index contributed by atoms with van der Waals surface area (Å²) in [5.74, 6) is 1.49. The molecular weight excluding hydrogens is 4040 g/mol. The summed E-state index contributed by atoms with van der Waals surface area (Å²) in [4.78, 5) is 47.0. The average Bonchev–Trinajstić information content (AvgIpc) is 0.823. The molecule has 676 valence electrons. The fraction of sp³-hybridized carbons (Fsp3) is 0.0822. The number of hydrogen-bond acceptors (Lipinski definition) is 27. The van der Waals surface area contributed by atoms with Crippen molar-refractivity contribution in [2.24, 2.45) is 0 Å². The number of aryl methyl sites for hydroxylation is 6. The standard InChI is InChI=1S/C21H16ClN7.C21H18N8.C11H12N2.C10H5Cl2N5.C7H6N2.C3Cl3N3.ClH.I20.H2/c1-13-10-16(4-3-9-23)11-14(2)18(13)26-21-28-19(22)27-20(29-21)25-17-7-5-15(12-24)6-8-17;1-13-10-16(4-3-9-22)11-14(2)18(13)26-21-28-19(24)27-20(29-21)25-17-7-5-15(12-23)6-8-17;1-8-6-10(4-3-5-12)7-9(2)11(8)13;11-8-15-9(12)17-10(16-8)14-7-3-1-6(5-13)2-4-7;8-5-6-1-3-7(9)4-2-6;4-1-7-2(5)9-3(6)8-1;;1-12(2)14(5)16(7)18(9)20(11)19(10)17(8)15(6)13(3)4;/h3-8,10-11H,1-2H3,(H2,25,26,27,28,29);3-8,10-11H,1-2H3,(H4,24,25,26,27,28,29);3-4,6-7H,13H2,1-2H3;1-4H,(H,14,15,16,17);1-4H,9H2;;1H;;1H/b3*4-3+;;;;;;/i;;;;;;;;1+2T. The van der Waals surface area contributed by atoms with Gasteiger partial charge in [-0.1, -0.05) is 0 Å². The molecule has 0 amide bonds. The molecule has 4 aromatic heterocycles. The maximum atomic E-state index is 8.89. The number of hydrogen-bond donors (Lipinski definition) is 8. The number of nitrogens with zero attached hydrogens (tertiary/aromatic N) is 19. The van der Waals surface area contributed by atoms with E-state index in [-0.39, 0.29) is 83.7 Å². The maximum absolute atomic E-state index is 8.89. The number of nitrogen functional groups attached to an aromatic ring is 3. The molecule has 0 atom stereocenters. The molecule has 0 fully saturated rings. The summed E-state index contributed by atoms with van der Waals surface area (Å²) in [6.45, 7) is 11.8. The van der Waals surface area contributed by atoms with Crippen molar-refractivity contribution in [2.75, 3.05) is 43.8 Å². The maximum Gasteiger partial charge on any atom is 0.232 e. The van der Waals surface area contributed by atoms with E-state index >= 15 is 0 Å². The van der Waals surface area contributed by atoms with Crippen LogP contribution >= 0.6 is 358 Å². The third-order valence-corrected chi connectivity index (χ3v) is 1340. The second kappa shape index (κ2) is 65.3. The quantitative estimate of drug-likeness (QED) is 0.0188. The molecule has 11 rings (SSSR count). The van der Waals surface area contributed by atoms with Gasteiger partial charge in [-0.15, -0.1) is 12.4 Å². The Hall–Kier alpha value is 1.26. The zero-order valence-electron chi connectivity index (χ0n) is 66.6. The van der Waals surface area contributed by atoms with Gasteiger partial charge in [0.05, 0.1) is 64.7 Å². The summed E-state index contributed by atoms with van der Waals surface area (Å²) in [7, 11) is -3.66. The molecule has 0 saturated carbocycles. The molecule has 0 aliphatic carbocycles. The first-order chi connectivity index (χ1) is 60.8. The average molecular weight is 4110 g/mol. The Balaban J connectivity index is 0.000000401. The number of allylic oxidation sites excluding steroid dienone is 3. The van der Waals surface area contributed by atoms with E-state index in [4.69, 9.17) is 127 Å². The van der Waals surface area contributed by atoms with Crippen LogP contribution in [0.2, 0.25) is 31.7 Å². The van der Waals surface area contributed by atoms with E-state index in [2.05, 4.69) is 303 Å². The van der Waals surface area contributed by atoms with E-state index in [1.165, 1.54) is 18.2 Å². The molecule has 54 heteroatoms. The molecular formula is C73H60Cl7I20N27. The van der Waals surface area contributed by atoms with E-state index in [9.17, 15) is 0 Å². The number of nitriles is 7. The van der Waals surface area contributed by atoms with Gasteiger partial charge in [0, 0.05) is 61.0 Å². The van der Waals surface area contributed by atoms with E-state index in [1.807, 2.05) is 108 Å². The van der Waals surface area contributed by atoms with Crippen LogP contribution in [-0.4, -0.2) is 59.8 Å². The molecule has 11 N–H and O–H groups in total. The Morgan fingerprint density at radius 3 is 0.803 bits per heavy atom. The van der Waals surface area contributed by atoms with Crippen LogP contribution < -0.4 is 43.8 Å². The van der Waals surface area contributed by atoms with Gasteiger partial charge in [0.25, 0.3) is 0 Å². The van der Waals surface area contributed by atoms with Crippen LogP contribution in [0, 0.1) is 121 Å². The van der Waals surface area contributed by atoms with E-state index in [1.54, 1.807) is 115 Å². The first kappa shape index (κ1) is 119. The minimum atomic E-state index is -0.438. The van der Waals surface area contributed by atoms with Gasteiger partial charge in [-0.2, -0.15) is 96.6 Å². The monoisotopic (exact) mass is 4100 g/mol. The molecule has 0 unspecified atom stereocenters. The van der Waals surface area contributed by atoms with E-state index < -0.39 is 55.3 Å². The van der Waals surface area contributed by atoms with Gasteiger partial charge in [-0.3, -0.25) is 0 Å².